The van der Waals surface area contributed by atoms with Crippen LogP contribution in [-0.4, -0.2) is 243 Å². The Morgan fingerprint density at radius 2 is 1.07 bits per heavy atom. The van der Waals surface area contributed by atoms with Gasteiger partial charge in [0, 0.05) is 98.4 Å². The van der Waals surface area contributed by atoms with Crippen LogP contribution in [0.1, 0.15) is 83.5 Å². The van der Waals surface area contributed by atoms with E-state index in [1.165, 1.54) is 17.4 Å². The number of aliphatic hydroxyl groups is 1. The van der Waals surface area contributed by atoms with Gasteiger partial charge in [-0.15, -0.1) is 11.3 Å². The van der Waals surface area contributed by atoms with E-state index in [2.05, 4.69) is 65.0 Å². The molecule has 2 aromatic carbocycles. The number of aliphatic hydroxyl groups excluding tert-OH is 1. The molecular weight excluding hydrogens is 1300 g/mol. The Labute approximate surface area is 529 Å². The summed E-state index contributed by atoms with van der Waals surface area (Å²) in [5, 5.41) is 82.0. The summed E-state index contributed by atoms with van der Waals surface area (Å²) >= 11 is 3.57. The number of aromatic nitrogens is 1. The maximum atomic E-state index is 14.1. The number of carbonyl (C=O) groups excluding carboxylic acids is 6. The van der Waals surface area contributed by atoms with Gasteiger partial charge in [0.15, 0.2) is 11.5 Å². The Kier molecular flexibility index (Phi) is 30.6. The van der Waals surface area contributed by atoms with E-state index in [4.69, 9.17) is 9.63 Å². The fourth-order valence-electron chi connectivity index (χ4n) is 9.51. The van der Waals surface area contributed by atoms with Crippen LogP contribution in [-0.2, 0) is 51.3 Å². The Balaban J connectivity index is 1.24. The fraction of sp³-hybridized carbons (Fsp3) is 0.509. The zero-order valence-electron chi connectivity index (χ0n) is 48.9. The van der Waals surface area contributed by atoms with Crippen LogP contribution in [0.25, 0.3) is 10.1 Å². The quantitative estimate of drug-likeness (QED) is 0.0217. The third-order valence-electron chi connectivity index (χ3n) is 14.2. The van der Waals surface area contributed by atoms with Crippen molar-refractivity contribution in [2.75, 3.05) is 98.2 Å². The average Bonchev–Trinajstić information content (AvgIpc) is 4.21. The highest BCUT2D eigenvalue weighted by atomic mass is 127. The number of amides is 7. The minimum Gasteiger partial charge on any atom is -0.480 e. The number of carbonyl (C=O) groups is 11. The number of urea groups is 1. The zero-order chi connectivity index (χ0) is 64.8. The van der Waals surface area contributed by atoms with Crippen molar-refractivity contribution in [3.05, 3.63) is 86.1 Å². The molecule has 0 bridgehead atoms. The van der Waals surface area contributed by atoms with Gasteiger partial charge >= 0.3 is 35.9 Å². The Morgan fingerprint density at radius 1 is 0.562 bits per heavy atom. The first-order valence-electron chi connectivity index (χ1n) is 28.9. The van der Waals surface area contributed by atoms with E-state index in [1.807, 2.05) is 29.6 Å². The number of fused-ring (bicyclic) bond motifs is 1. The van der Waals surface area contributed by atoms with Gasteiger partial charge in [0.1, 0.15) is 24.2 Å². The maximum Gasteiger partial charge on any atom is 0.326 e. The van der Waals surface area contributed by atoms with Gasteiger partial charge in [-0.05, 0) is 121 Å². The van der Waals surface area contributed by atoms with Crippen molar-refractivity contribution in [1.82, 2.24) is 62.0 Å². The van der Waals surface area contributed by atoms with Gasteiger partial charge in [0.25, 0.3) is 11.8 Å². The predicted molar refractivity (Wildman–Crippen MR) is 329 cm³/mol. The number of rotatable bonds is 35. The standard InChI is InChI=1S/C57H77IN12O18S/c58-38-15-13-36(14-16-38)51(79)59-17-5-3-9-41(62-47(72)31-67-19-21-68(32-48(73)74)23-25-70(34-50(77)78)26-24-69(22-20-67)33-49(75)76)52(80)61-30-39-29-45(66-88-39)54(82)63-44(28-37-35-89-46-12-2-1-8-40(37)46)53(81)60-18-6-4-10-42(55(83)84)64-57(87)65-43(56(85)86)11-7-27-71/h1-2,8,12-16,29,35,41-44,71H,3-7,9-11,17-28,30-34H2,(H,59,79)(H,60,81)(H,61,80)(H,62,72)(H,63,82)(H,73,74)(H,75,76)(H,77,78)(H,83,84)(H,85,86)(H2,64,65,87)/t41-,42-,43?,44-/m0/s1. The minimum absolute atomic E-state index is 0.0222. The molecule has 486 valence electrons. The third-order valence-corrected chi connectivity index (χ3v) is 16.0. The number of hydrogen-bond acceptors (Lipinski definition) is 19. The molecule has 7 amide bonds. The minimum atomic E-state index is -1.40. The Bertz CT molecular complexity index is 3010. The lowest BCUT2D eigenvalue weighted by atomic mass is 10.0. The van der Waals surface area contributed by atoms with Crippen LogP contribution in [0.2, 0.25) is 0 Å². The molecule has 13 N–H and O–H groups in total. The topological polar surface area (TPSA) is 432 Å². The molecule has 0 radical (unpaired) electrons. The number of unbranched alkanes of at least 4 members (excludes halogenated alkanes) is 2. The molecule has 0 spiro atoms. The van der Waals surface area contributed by atoms with Crippen LogP contribution in [0, 0.1) is 3.57 Å². The van der Waals surface area contributed by atoms with Gasteiger partial charge < -0.3 is 72.4 Å². The van der Waals surface area contributed by atoms with Crippen LogP contribution < -0.4 is 37.2 Å². The summed E-state index contributed by atoms with van der Waals surface area (Å²) in [5.74, 6) is -8.97. The van der Waals surface area contributed by atoms with E-state index in [9.17, 15) is 78.3 Å². The molecule has 1 fully saturated rings. The summed E-state index contributed by atoms with van der Waals surface area (Å²) in [6, 6.07) is 9.63. The molecule has 89 heavy (non-hydrogen) atoms. The summed E-state index contributed by atoms with van der Waals surface area (Å²) in [5.41, 5.74) is 0.975. The molecule has 32 heteroatoms. The highest BCUT2D eigenvalue weighted by molar-refractivity contribution is 14.1. The highest BCUT2D eigenvalue weighted by Crippen LogP contribution is 2.27. The van der Waals surface area contributed by atoms with Crippen molar-refractivity contribution in [3.8, 4) is 0 Å². The number of hydrogen-bond donors (Lipinski definition) is 13. The zero-order valence-corrected chi connectivity index (χ0v) is 51.8. The van der Waals surface area contributed by atoms with Crippen LogP contribution in [0.3, 0.4) is 0 Å². The molecule has 5 rings (SSSR count). The Hall–Kier alpha value is -7.89. The molecule has 4 aromatic rings. The predicted octanol–water partition coefficient (Wildman–Crippen LogP) is 0.276. The number of benzene rings is 2. The molecule has 4 atom stereocenters. The lowest BCUT2D eigenvalue weighted by Crippen LogP contribution is -2.52. The second-order valence-electron chi connectivity index (χ2n) is 21.1. The molecule has 0 aliphatic carbocycles. The SMILES string of the molecule is O=C(O)CN1CCN(CC(=O)O)CCN(CC(=O)N[C@@H](CCCCNC(=O)c2ccc(I)cc2)C(=O)NCc2cc(C(=O)N[C@@H](Cc3csc4ccccc34)C(=O)NCCCC[C@H](NC(=O)NC(CCCO)C(=O)O)C(=O)O)no2)CCN(CC(=O)O)CC1. The molecule has 0 saturated carbocycles. The van der Waals surface area contributed by atoms with Crippen LogP contribution in [0.15, 0.2) is 64.5 Å². The molecule has 1 unspecified atom stereocenters. The first kappa shape index (κ1) is 71.9. The number of thiophene rings is 1. The number of nitrogens with zero attached hydrogens (tertiary/aromatic N) is 5. The van der Waals surface area contributed by atoms with Gasteiger partial charge in [-0.1, -0.05) is 23.4 Å². The van der Waals surface area contributed by atoms with Gasteiger partial charge in [-0.2, -0.15) is 0 Å². The number of carboxylic acid groups (broad SMARTS) is 5. The van der Waals surface area contributed by atoms with Crippen LogP contribution in [0.5, 0.6) is 0 Å². The van der Waals surface area contributed by atoms with Gasteiger partial charge in [0.05, 0.1) is 32.7 Å². The summed E-state index contributed by atoms with van der Waals surface area (Å²) < 4.78 is 7.34. The van der Waals surface area contributed by atoms with Crippen molar-refractivity contribution in [3.63, 3.8) is 0 Å². The molecule has 2 aromatic heterocycles. The van der Waals surface area contributed by atoms with Gasteiger partial charge in [0.2, 0.25) is 17.7 Å². The van der Waals surface area contributed by atoms with Gasteiger partial charge in [-0.25, -0.2) is 14.4 Å². The van der Waals surface area contributed by atoms with Crippen molar-refractivity contribution < 1.29 is 87.9 Å². The van der Waals surface area contributed by atoms with Gasteiger partial charge in [-0.3, -0.25) is 58.0 Å². The number of carboxylic acids is 5. The average molecular weight is 1380 g/mol. The second kappa shape index (κ2) is 37.8. The molecule has 3 heterocycles. The second-order valence-corrected chi connectivity index (χ2v) is 23.3. The van der Waals surface area contributed by atoms with E-state index in [-0.39, 0.29) is 167 Å². The molecule has 30 nitrogen and oxygen atoms in total. The number of aliphatic carboxylic acids is 5. The molecule has 1 saturated heterocycles. The summed E-state index contributed by atoms with van der Waals surface area (Å²) in [7, 11) is 0. The normalized spacial score (nSPS) is 15.2. The number of halogens is 1. The van der Waals surface area contributed by atoms with E-state index in [0.29, 0.717) is 18.4 Å². The first-order chi connectivity index (χ1) is 42.6. The Morgan fingerprint density at radius 3 is 1.61 bits per heavy atom. The molecule has 1 aliphatic heterocycles. The molecule has 1 aliphatic rings. The summed E-state index contributed by atoms with van der Waals surface area (Å²) in [6.07, 6.45) is 1.27. The number of nitrogens with one attached hydrogen (secondary N) is 7. The lowest BCUT2D eigenvalue weighted by Gasteiger charge is -2.33. The monoisotopic (exact) mass is 1380 g/mol. The van der Waals surface area contributed by atoms with Crippen LogP contribution in [0.4, 0.5) is 4.79 Å². The van der Waals surface area contributed by atoms with Crippen LogP contribution >= 0.6 is 33.9 Å². The fourth-order valence-corrected chi connectivity index (χ4v) is 10.8. The lowest BCUT2D eigenvalue weighted by molar-refractivity contribution is -0.140. The summed E-state index contributed by atoms with van der Waals surface area (Å²) in [6.45, 7) is -0.453. The van der Waals surface area contributed by atoms with E-state index >= 15 is 0 Å². The van der Waals surface area contributed by atoms with Crippen molar-refractivity contribution in [1.29, 1.82) is 0 Å². The smallest absolute Gasteiger partial charge is 0.326 e. The third kappa shape index (κ3) is 26.4. The molecular formula is C57H77IN12O18S. The van der Waals surface area contributed by atoms with Crippen molar-refractivity contribution in [2.24, 2.45) is 0 Å². The highest BCUT2D eigenvalue weighted by Gasteiger charge is 2.29. The van der Waals surface area contributed by atoms with Crippen molar-refractivity contribution >= 4 is 109 Å². The maximum absolute atomic E-state index is 14.1. The van der Waals surface area contributed by atoms with E-state index in [0.717, 1.165) is 19.2 Å². The summed E-state index contributed by atoms with van der Waals surface area (Å²) in [4.78, 5) is 146. The largest absolute Gasteiger partial charge is 0.480 e. The first-order valence-corrected chi connectivity index (χ1v) is 30.8. The van der Waals surface area contributed by atoms with E-state index < -0.39 is 83.7 Å². The van der Waals surface area contributed by atoms with E-state index in [1.54, 1.807) is 43.9 Å². The van der Waals surface area contributed by atoms with Crippen molar-refractivity contribution in [2.45, 2.75) is 88.5 Å².